The maximum Gasteiger partial charge on any atom is -0.0353 e. The third-order valence-electron chi connectivity index (χ3n) is 5.01. The molecule has 0 nitrogen and oxygen atoms in total. The highest BCUT2D eigenvalue weighted by atomic mass is 14.2. The Morgan fingerprint density at radius 1 is 0.850 bits per heavy atom. The molecule has 0 aliphatic heterocycles. The van der Waals surface area contributed by atoms with Crippen LogP contribution in [0.3, 0.4) is 0 Å². The molecule has 0 aromatic heterocycles. The van der Waals surface area contributed by atoms with Crippen molar-refractivity contribution in [2.24, 2.45) is 17.8 Å². The molecular weight excluding hydrogens is 240 g/mol. The van der Waals surface area contributed by atoms with Crippen LogP contribution in [-0.4, -0.2) is 0 Å². The quantitative estimate of drug-likeness (QED) is 0.230. The van der Waals surface area contributed by atoms with Gasteiger partial charge >= 0.3 is 0 Å². The topological polar surface area (TPSA) is 0 Å². The molecule has 0 aliphatic rings. The van der Waals surface area contributed by atoms with Gasteiger partial charge in [-0.15, -0.1) is 6.58 Å². The Morgan fingerprint density at radius 3 is 2.15 bits per heavy atom. The Kier molecular flexibility index (Phi) is 13.5. The minimum absolute atomic E-state index is 0.917. The maximum absolute atomic E-state index is 3.79. The summed E-state index contributed by atoms with van der Waals surface area (Å²) >= 11 is 0. The van der Waals surface area contributed by atoms with E-state index in [0.717, 1.165) is 17.8 Å². The lowest BCUT2D eigenvalue weighted by Crippen LogP contribution is -2.13. The lowest BCUT2D eigenvalue weighted by Gasteiger charge is -2.25. The molecule has 0 heterocycles. The third-order valence-corrected chi connectivity index (χ3v) is 5.01. The Bertz CT molecular complexity index is 206. The lowest BCUT2D eigenvalue weighted by atomic mass is 9.81. The second kappa shape index (κ2) is 13.7. The molecule has 0 rings (SSSR count). The van der Waals surface area contributed by atoms with Gasteiger partial charge in [0.05, 0.1) is 0 Å². The summed E-state index contributed by atoms with van der Waals surface area (Å²) in [6.45, 7) is 13.4. The van der Waals surface area contributed by atoms with Crippen molar-refractivity contribution < 1.29 is 0 Å². The van der Waals surface area contributed by atoms with Gasteiger partial charge < -0.3 is 0 Å². The summed E-state index contributed by atoms with van der Waals surface area (Å²) in [6.07, 6.45) is 17.3. The van der Waals surface area contributed by atoms with Crippen molar-refractivity contribution in [1.29, 1.82) is 0 Å². The number of hydrogen-bond acceptors (Lipinski definition) is 0. The third kappa shape index (κ3) is 10.5. The van der Waals surface area contributed by atoms with E-state index >= 15 is 0 Å². The molecule has 3 unspecified atom stereocenters. The van der Waals surface area contributed by atoms with Crippen LogP contribution in [0.5, 0.6) is 0 Å². The molecule has 0 aromatic carbocycles. The van der Waals surface area contributed by atoms with Crippen molar-refractivity contribution in [2.45, 2.75) is 98.3 Å². The first-order chi connectivity index (χ1) is 9.65. The average molecular weight is 281 g/mol. The number of unbranched alkanes of at least 4 members (excludes halogenated alkanes) is 4. The van der Waals surface area contributed by atoms with Crippen molar-refractivity contribution in [2.75, 3.05) is 0 Å². The first-order valence-corrected chi connectivity index (χ1v) is 9.26. The zero-order valence-electron chi connectivity index (χ0n) is 14.8. The number of hydrogen-bond donors (Lipinski definition) is 0. The molecular formula is C20H40. The summed E-state index contributed by atoms with van der Waals surface area (Å²) in [6, 6.07) is 0. The van der Waals surface area contributed by atoms with Gasteiger partial charge in [-0.2, -0.15) is 0 Å². The Balaban J connectivity index is 3.83. The molecule has 0 N–H and O–H groups in total. The van der Waals surface area contributed by atoms with E-state index in [4.69, 9.17) is 0 Å². The summed E-state index contributed by atoms with van der Waals surface area (Å²) < 4.78 is 0. The standard InChI is InChI=1S/C20H40/c1-6-9-10-11-12-13-15-19(5)20(14-7-2)17-16-18(4)8-3/h6,18-20H,1,7-17H2,2-5H3. The Morgan fingerprint density at radius 2 is 1.55 bits per heavy atom. The molecule has 0 saturated heterocycles. The van der Waals surface area contributed by atoms with Gasteiger partial charge in [0.25, 0.3) is 0 Å². The Labute approximate surface area is 129 Å². The summed E-state index contributed by atoms with van der Waals surface area (Å²) in [7, 11) is 0. The Hall–Kier alpha value is -0.260. The first-order valence-electron chi connectivity index (χ1n) is 9.26. The fourth-order valence-corrected chi connectivity index (χ4v) is 3.13. The van der Waals surface area contributed by atoms with Gasteiger partial charge in [-0.25, -0.2) is 0 Å². The van der Waals surface area contributed by atoms with E-state index in [1.807, 2.05) is 0 Å². The molecule has 3 atom stereocenters. The zero-order chi connectivity index (χ0) is 15.2. The van der Waals surface area contributed by atoms with Crippen LogP contribution >= 0.6 is 0 Å². The van der Waals surface area contributed by atoms with Crippen molar-refractivity contribution in [1.82, 2.24) is 0 Å². The fraction of sp³-hybridized carbons (Fsp3) is 0.900. The van der Waals surface area contributed by atoms with E-state index in [1.54, 1.807) is 0 Å². The van der Waals surface area contributed by atoms with Crippen LogP contribution in [0.15, 0.2) is 12.7 Å². The largest absolute Gasteiger partial charge is 0.103 e. The molecule has 0 heteroatoms. The SMILES string of the molecule is C=CCCCCCCC(C)C(CCC)CCC(C)CC. The van der Waals surface area contributed by atoms with Crippen molar-refractivity contribution in [3.05, 3.63) is 12.7 Å². The highest BCUT2D eigenvalue weighted by Crippen LogP contribution is 2.29. The van der Waals surface area contributed by atoms with Crippen LogP contribution in [-0.2, 0) is 0 Å². The van der Waals surface area contributed by atoms with Gasteiger partial charge in [-0.05, 0) is 37.0 Å². The average Bonchev–Trinajstić information content (AvgIpc) is 2.46. The highest BCUT2D eigenvalue weighted by Gasteiger charge is 2.16. The van der Waals surface area contributed by atoms with Crippen LogP contribution in [0, 0.1) is 17.8 Å². The van der Waals surface area contributed by atoms with Gasteiger partial charge in [0.2, 0.25) is 0 Å². The van der Waals surface area contributed by atoms with Crippen LogP contribution in [0.4, 0.5) is 0 Å². The minimum atomic E-state index is 0.917. The summed E-state index contributed by atoms with van der Waals surface area (Å²) in [5.41, 5.74) is 0. The zero-order valence-corrected chi connectivity index (χ0v) is 14.8. The normalized spacial score (nSPS) is 15.8. The molecule has 120 valence electrons. The van der Waals surface area contributed by atoms with E-state index in [0.29, 0.717) is 0 Å². The monoisotopic (exact) mass is 280 g/mol. The van der Waals surface area contributed by atoms with Crippen LogP contribution in [0.1, 0.15) is 98.3 Å². The highest BCUT2D eigenvalue weighted by molar-refractivity contribution is 4.69. The second-order valence-electron chi connectivity index (χ2n) is 6.90. The summed E-state index contributed by atoms with van der Waals surface area (Å²) in [5.74, 6) is 2.82. The van der Waals surface area contributed by atoms with Gasteiger partial charge in [0.1, 0.15) is 0 Å². The molecule has 0 saturated carbocycles. The maximum atomic E-state index is 3.79. The molecule has 0 radical (unpaired) electrons. The predicted octanol–water partition coefficient (Wildman–Crippen LogP) is 7.39. The second-order valence-corrected chi connectivity index (χ2v) is 6.90. The fourth-order valence-electron chi connectivity index (χ4n) is 3.13. The number of rotatable bonds is 14. The lowest BCUT2D eigenvalue weighted by molar-refractivity contribution is 0.268. The van der Waals surface area contributed by atoms with Gasteiger partial charge in [0, 0.05) is 0 Å². The van der Waals surface area contributed by atoms with Crippen LogP contribution in [0.25, 0.3) is 0 Å². The molecule has 20 heavy (non-hydrogen) atoms. The number of allylic oxidation sites excluding steroid dienone is 1. The van der Waals surface area contributed by atoms with Crippen molar-refractivity contribution >= 4 is 0 Å². The van der Waals surface area contributed by atoms with Gasteiger partial charge in [-0.3, -0.25) is 0 Å². The molecule has 0 spiro atoms. The van der Waals surface area contributed by atoms with Gasteiger partial charge in [0.15, 0.2) is 0 Å². The van der Waals surface area contributed by atoms with Crippen molar-refractivity contribution in [3.63, 3.8) is 0 Å². The van der Waals surface area contributed by atoms with E-state index in [1.165, 1.54) is 70.6 Å². The van der Waals surface area contributed by atoms with Crippen LogP contribution in [0.2, 0.25) is 0 Å². The predicted molar refractivity (Wildman–Crippen MR) is 94.2 cm³/mol. The van der Waals surface area contributed by atoms with Crippen molar-refractivity contribution in [3.8, 4) is 0 Å². The molecule has 0 bridgehead atoms. The smallest absolute Gasteiger partial charge is 0.0353 e. The summed E-state index contributed by atoms with van der Waals surface area (Å²) in [5, 5.41) is 0. The van der Waals surface area contributed by atoms with E-state index in [-0.39, 0.29) is 0 Å². The molecule has 0 fully saturated rings. The van der Waals surface area contributed by atoms with E-state index < -0.39 is 0 Å². The van der Waals surface area contributed by atoms with Gasteiger partial charge in [-0.1, -0.05) is 85.1 Å². The van der Waals surface area contributed by atoms with E-state index in [2.05, 4.69) is 40.3 Å². The molecule has 0 amide bonds. The van der Waals surface area contributed by atoms with Crippen LogP contribution < -0.4 is 0 Å². The minimum Gasteiger partial charge on any atom is -0.103 e. The van der Waals surface area contributed by atoms with E-state index in [9.17, 15) is 0 Å². The first kappa shape index (κ1) is 19.7. The molecule has 0 aromatic rings. The molecule has 0 aliphatic carbocycles. The summed E-state index contributed by atoms with van der Waals surface area (Å²) in [4.78, 5) is 0.